The molecule has 0 aromatic carbocycles. The predicted molar refractivity (Wildman–Crippen MR) is 56.0 cm³/mol. The number of rotatable bonds is 3. The Kier molecular flexibility index (Phi) is 3.66. The number of hydrogen-bond donors (Lipinski definition) is 1. The fraction of sp³-hybridized carbons (Fsp3) is 0.400. The molecular weight excluding hydrogens is 196 g/mol. The number of thiophene rings is 1. The lowest BCUT2D eigenvalue weighted by Crippen LogP contribution is -2.36. The third kappa shape index (κ3) is 2.57. The standard InChI is InChI=1S/C10H12N2OS/c1-7(2)8(6-11)12-10(13)9-4-3-5-14-9/h3-5,7-8H,1-2H3,(H,12,13). The maximum atomic E-state index is 11.5. The van der Waals surface area contributed by atoms with E-state index in [2.05, 4.69) is 11.4 Å². The zero-order valence-corrected chi connectivity index (χ0v) is 8.97. The van der Waals surface area contributed by atoms with E-state index >= 15 is 0 Å². The van der Waals surface area contributed by atoms with Gasteiger partial charge >= 0.3 is 0 Å². The van der Waals surface area contributed by atoms with Crippen LogP contribution >= 0.6 is 11.3 Å². The third-order valence-corrected chi connectivity index (χ3v) is 2.71. The van der Waals surface area contributed by atoms with Crippen molar-refractivity contribution in [3.63, 3.8) is 0 Å². The van der Waals surface area contributed by atoms with Crippen LogP contribution in [0.1, 0.15) is 23.5 Å². The summed E-state index contributed by atoms with van der Waals surface area (Å²) in [6.07, 6.45) is 0. The summed E-state index contributed by atoms with van der Waals surface area (Å²) in [5.41, 5.74) is 0. The van der Waals surface area contributed by atoms with Gasteiger partial charge in [0.05, 0.1) is 10.9 Å². The fourth-order valence-electron chi connectivity index (χ4n) is 0.968. The Morgan fingerprint density at radius 2 is 2.36 bits per heavy atom. The van der Waals surface area contributed by atoms with Crippen LogP contribution in [0, 0.1) is 17.2 Å². The molecule has 0 aliphatic carbocycles. The second-order valence-electron chi connectivity index (χ2n) is 3.30. The molecule has 3 nitrogen and oxygen atoms in total. The Hall–Kier alpha value is -1.34. The highest BCUT2D eigenvalue weighted by Crippen LogP contribution is 2.09. The Morgan fingerprint density at radius 3 is 2.79 bits per heavy atom. The van der Waals surface area contributed by atoms with Crippen LogP contribution in [-0.2, 0) is 0 Å². The molecule has 0 saturated carbocycles. The number of carbonyl (C=O) groups excluding carboxylic acids is 1. The molecule has 1 N–H and O–H groups in total. The number of nitriles is 1. The third-order valence-electron chi connectivity index (χ3n) is 1.84. The van der Waals surface area contributed by atoms with Crippen LogP contribution in [-0.4, -0.2) is 11.9 Å². The highest BCUT2D eigenvalue weighted by Gasteiger charge is 2.16. The van der Waals surface area contributed by atoms with Crippen LogP contribution in [0.2, 0.25) is 0 Å². The second-order valence-corrected chi connectivity index (χ2v) is 4.25. The van der Waals surface area contributed by atoms with Gasteiger partial charge in [0.2, 0.25) is 0 Å². The summed E-state index contributed by atoms with van der Waals surface area (Å²) in [4.78, 5) is 12.2. The van der Waals surface area contributed by atoms with E-state index in [0.29, 0.717) is 4.88 Å². The SMILES string of the molecule is CC(C)C(C#N)NC(=O)c1cccs1. The van der Waals surface area contributed by atoms with Gasteiger partial charge in [-0.05, 0) is 17.4 Å². The van der Waals surface area contributed by atoms with E-state index in [1.165, 1.54) is 11.3 Å². The van der Waals surface area contributed by atoms with E-state index in [9.17, 15) is 4.79 Å². The van der Waals surface area contributed by atoms with Crippen LogP contribution in [0.4, 0.5) is 0 Å². The van der Waals surface area contributed by atoms with Crippen LogP contribution in [0.5, 0.6) is 0 Å². The largest absolute Gasteiger partial charge is 0.335 e. The molecule has 0 radical (unpaired) electrons. The smallest absolute Gasteiger partial charge is 0.262 e. The fourth-order valence-corrected chi connectivity index (χ4v) is 1.59. The molecule has 0 saturated heterocycles. The number of amides is 1. The average molecular weight is 208 g/mol. The molecule has 1 rings (SSSR count). The Balaban J connectivity index is 2.61. The summed E-state index contributed by atoms with van der Waals surface area (Å²) in [7, 11) is 0. The van der Waals surface area contributed by atoms with E-state index < -0.39 is 6.04 Å². The van der Waals surface area contributed by atoms with Gasteiger partial charge in [-0.25, -0.2) is 0 Å². The molecule has 1 atom stereocenters. The first-order valence-electron chi connectivity index (χ1n) is 4.39. The number of hydrogen-bond acceptors (Lipinski definition) is 3. The minimum absolute atomic E-state index is 0.129. The minimum atomic E-state index is -0.412. The highest BCUT2D eigenvalue weighted by molar-refractivity contribution is 7.12. The summed E-state index contributed by atoms with van der Waals surface area (Å²) in [6, 6.07) is 5.22. The maximum Gasteiger partial charge on any atom is 0.262 e. The van der Waals surface area contributed by atoms with Crippen LogP contribution < -0.4 is 5.32 Å². The van der Waals surface area contributed by atoms with Crippen LogP contribution in [0.25, 0.3) is 0 Å². The molecule has 0 bridgehead atoms. The van der Waals surface area contributed by atoms with Gasteiger partial charge in [-0.2, -0.15) is 5.26 Å². The molecule has 14 heavy (non-hydrogen) atoms. The van der Waals surface area contributed by atoms with Gasteiger partial charge in [-0.3, -0.25) is 4.79 Å². The second kappa shape index (κ2) is 4.77. The van der Waals surface area contributed by atoms with Gasteiger partial charge < -0.3 is 5.32 Å². The molecule has 4 heteroatoms. The Morgan fingerprint density at radius 1 is 1.64 bits per heavy atom. The van der Waals surface area contributed by atoms with Gasteiger partial charge in [0.25, 0.3) is 5.91 Å². The van der Waals surface area contributed by atoms with E-state index in [1.54, 1.807) is 6.07 Å². The molecule has 74 valence electrons. The lowest BCUT2D eigenvalue weighted by molar-refractivity contribution is 0.0941. The van der Waals surface area contributed by atoms with Crippen molar-refractivity contribution in [1.29, 1.82) is 5.26 Å². The molecule has 0 spiro atoms. The first kappa shape index (κ1) is 10.7. The minimum Gasteiger partial charge on any atom is -0.335 e. The quantitative estimate of drug-likeness (QED) is 0.826. The van der Waals surface area contributed by atoms with Crippen molar-refractivity contribution in [3.8, 4) is 6.07 Å². The number of carbonyl (C=O) groups is 1. The van der Waals surface area contributed by atoms with Crippen molar-refractivity contribution in [2.24, 2.45) is 5.92 Å². The monoisotopic (exact) mass is 208 g/mol. The van der Waals surface area contributed by atoms with Gasteiger partial charge in [0, 0.05) is 0 Å². The number of nitrogens with one attached hydrogen (secondary N) is 1. The molecule has 1 aromatic heterocycles. The molecule has 1 aromatic rings. The zero-order valence-electron chi connectivity index (χ0n) is 8.15. The van der Waals surface area contributed by atoms with Crippen LogP contribution in [0.15, 0.2) is 17.5 Å². The lowest BCUT2D eigenvalue weighted by atomic mass is 10.1. The predicted octanol–water partition coefficient (Wildman–Crippen LogP) is 2.03. The van der Waals surface area contributed by atoms with Crippen molar-refractivity contribution >= 4 is 17.2 Å². The van der Waals surface area contributed by atoms with Crippen molar-refractivity contribution in [3.05, 3.63) is 22.4 Å². The summed E-state index contributed by atoms with van der Waals surface area (Å²) in [6.45, 7) is 3.81. The zero-order chi connectivity index (χ0) is 10.6. The highest BCUT2D eigenvalue weighted by atomic mass is 32.1. The summed E-state index contributed by atoms with van der Waals surface area (Å²) in [5.74, 6) is -0.0378. The van der Waals surface area contributed by atoms with Gasteiger partial charge in [0.15, 0.2) is 0 Å². The molecule has 0 fully saturated rings. The van der Waals surface area contributed by atoms with E-state index in [0.717, 1.165) is 0 Å². The van der Waals surface area contributed by atoms with Gasteiger partial charge in [-0.1, -0.05) is 19.9 Å². The van der Waals surface area contributed by atoms with E-state index in [4.69, 9.17) is 5.26 Å². The summed E-state index contributed by atoms with van der Waals surface area (Å²) >= 11 is 1.37. The molecular formula is C10H12N2OS. The van der Waals surface area contributed by atoms with Crippen molar-refractivity contribution < 1.29 is 4.79 Å². The average Bonchev–Trinajstić information content (AvgIpc) is 2.65. The van der Waals surface area contributed by atoms with E-state index in [1.807, 2.05) is 25.3 Å². The van der Waals surface area contributed by atoms with Gasteiger partial charge in [-0.15, -0.1) is 11.3 Å². The summed E-state index contributed by atoms with van der Waals surface area (Å²) < 4.78 is 0. The molecule has 0 aliphatic rings. The Labute approximate surface area is 87.4 Å². The molecule has 1 unspecified atom stereocenters. The van der Waals surface area contributed by atoms with Crippen molar-refractivity contribution in [1.82, 2.24) is 5.32 Å². The first-order valence-corrected chi connectivity index (χ1v) is 5.27. The van der Waals surface area contributed by atoms with Crippen LogP contribution in [0.3, 0.4) is 0 Å². The van der Waals surface area contributed by atoms with E-state index in [-0.39, 0.29) is 11.8 Å². The van der Waals surface area contributed by atoms with Crippen molar-refractivity contribution in [2.75, 3.05) is 0 Å². The molecule has 1 amide bonds. The molecule has 0 aliphatic heterocycles. The lowest BCUT2D eigenvalue weighted by Gasteiger charge is -2.13. The maximum absolute atomic E-state index is 11.5. The summed E-state index contributed by atoms with van der Waals surface area (Å²) in [5, 5.41) is 13.3. The first-order chi connectivity index (χ1) is 6.65. The normalized spacial score (nSPS) is 12.1. The Bertz CT molecular complexity index is 338. The molecule has 1 heterocycles. The topological polar surface area (TPSA) is 52.9 Å². The van der Waals surface area contributed by atoms with Gasteiger partial charge in [0.1, 0.15) is 6.04 Å². The number of nitrogens with zero attached hydrogens (tertiary/aromatic N) is 1. The van der Waals surface area contributed by atoms with Crippen molar-refractivity contribution in [2.45, 2.75) is 19.9 Å².